The van der Waals surface area contributed by atoms with E-state index in [2.05, 4.69) is 49.2 Å². The lowest BCUT2D eigenvalue weighted by molar-refractivity contribution is 0.0388. The van der Waals surface area contributed by atoms with Crippen LogP contribution in [0.4, 0.5) is 0 Å². The van der Waals surface area contributed by atoms with Crippen LogP contribution in [0.1, 0.15) is 37.5 Å². The van der Waals surface area contributed by atoms with Crippen molar-refractivity contribution in [3.8, 4) is 0 Å². The topological polar surface area (TPSA) is 33.7 Å². The number of ether oxygens (including phenoxy) is 2. The maximum Gasteiger partial charge on any atom is 0.0701 e. The summed E-state index contributed by atoms with van der Waals surface area (Å²) in [6, 6.07) is 7.42. The van der Waals surface area contributed by atoms with E-state index in [-0.39, 0.29) is 0 Å². The van der Waals surface area contributed by atoms with Gasteiger partial charge in [-0.05, 0) is 23.1 Å². The molecular formula is C19H32N2O2. The van der Waals surface area contributed by atoms with Gasteiger partial charge in [0, 0.05) is 32.2 Å². The Morgan fingerprint density at radius 1 is 1.04 bits per heavy atom. The predicted molar refractivity (Wildman–Crippen MR) is 94.7 cm³/mol. The summed E-state index contributed by atoms with van der Waals surface area (Å²) in [6.07, 6.45) is 1.11. The average molecular weight is 320 g/mol. The molecule has 0 aromatic heterocycles. The Kier molecular flexibility index (Phi) is 8.03. The zero-order valence-corrected chi connectivity index (χ0v) is 14.9. The molecule has 1 aromatic carbocycles. The lowest BCUT2D eigenvalue weighted by Crippen LogP contribution is -2.27. The van der Waals surface area contributed by atoms with Gasteiger partial charge in [0.2, 0.25) is 0 Å². The van der Waals surface area contributed by atoms with Crippen molar-refractivity contribution < 1.29 is 9.47 Å². The Bertz CT molecular complexity index is 463. The van der Waals surface area contributed by atoms with Gasteiger partial charge in [0.25, 0.3) is 0 Å². The molecule has 4 nitrogen and oxygen atoms in total. The Hall–Kier alpha value is -0.940. The molecule has 23 heavy (non-hydrogen) atoms. The first-order valence-corrected chi connectivity index (χ1v) is 8.91. The SMILES string of the molecule is CCc1ccc2c(c1)CN(CCOCCOCCNC(C)C)C2. The largest absolute Gasteiger partial charge is 0.378 e. The van der Waals surface area contributed by atoms with Gasteiger partial charge in [0.1, 0.15) is 0 Å². The second-order valence-corrected chi connectivity index (χ2v) is 6.50. The lowest BCUT2D eigenvalue weighted by atomic mass is 10.1. The fraction of sp³-hybridized carbons (Fsp3) is 0.684. The van der Waals surface area contributed by atoms with Crippen molar-refractivity contribution >= 4 is 0 Å². The zero-order chi connectivity index (χ0) is 16.5. The number of benzene rings is 1. The third-order valence-corrected chi connectivity index (χ3v) is 4.19. The van der Waals surface area contributed by atoms with Crippen LogP contribution < -0.4 is 5.32 Å². The second-order valence-electron chi connectivity index (χ2n) is 6.50. The minimum absolute atomic E-state index is 0.521. The first kappa shape index (κ1) is 18.4. The molecule has 0 amide bonds. The number of rotatable bonds is 11. The third kappa shape index (κ3) is 6.60. The van der Waals surface area contributed by atoms with E-state index in [1.54, 1.807) is 0 Å². The molecule has 2 rings (SSSR count). The normalized spacial score (nSPS) is 14.6. The highest BCUT2D eigenvalue weighted by molar-refractivity contribution is 5.34. The van der Waals surface area contributed by atoms with Crippen LogP contribution in [0.5, 0.6) is 0 Å². The fourth-order valence-electron chi connectivity index (χ4n) is 2.83. The van der Waals surface area contributed by atoms with Crippen molar-refractivity contribution in [3.63, 3.8) is 0 Å². The Balaban J connectivity index is 1.50. The molecular weight excluding hydrogens is 288 g/mol. The first-order chi connectivity index (χ1) is 11.2. The maximum atomic E-state index is 5.68. The van der Waals surface area contributed by atoms with Gasteiger partial charge < -0.3 is 14.8 Å². The number of nitrogens with one attached hydrogen (secondary N) is 1. The van der Waals surface area contributed by atoms with Gasteiger partial charge in [-0.3, -0.25) is 4.90 Å². The molecule has 0 radical (unpaired) electrons. The minimum atomic E-state index is 0.521. The fourth-order valence-corrected chi connectivity index (χ4v) is 2.83. The summed E-state index contributed by atoms with van der Waals surface area (Å²) in [4.78, 5) is 2.46. The number of aryl methyl sites for hydroxylation is 1. The number of hydrogen-bond donors (Lipinski definition) is 1. The quantitative estimate of drug-likeness (QED) is 0.636. The monoisotopic (exact) mass is 320 g/mol. The Labute approximate surface area is 141 Å². The molecule has 1 aromatic rings. The van der Waals surface area contributed by atoms with E-state index in [4.69, 9.17) is 9.47 Å². The van der Waals surface area contributed by atoms with Gasteiger partial charge in [-0.15, -0.1) is 0 Å². The predicted octanol–water partition coefficient (Wildman–Crippen LogP) is 2.60. The van der Waals surface area contributed by atoms with Gasteiger partial charge >= 0.3 is 0 Å². The second kappa shape index (κ2) is 10.0. The summed E-state index contributed by atoms with van der Waals surface area (Å²) in [7, 11) is 0. The number of nitrogens with zero attached hydrogens (tertiary/aromatic N) is 1. The summed E-state index contributed by atoms with van der Waals surface area (Å²) >= 11 is 0. The van der Waals surface area contributed by atoms with Crippen LogP contribution in [0.15, 0.2) is 18.2 Å². The van der Waals surface area contributed by atoms with Crippen molar-refractivity contribution in [2.24, 2.45) is 0 Å². The van der Waals surface area contributed by atoms with Crippen LogP contribution in [0, 0.1) is 0 Å². The third-order valence-electron chi connectivity index (χ3n) is 4.19. The van der Waals surface area contributed by atoms with Crippen LogP contribution in [0.25, 0.3) is 0 Å². The molecule has 0 spiro atoms. The summed E-state index contributed by atoms with van der Waals surface area (Å²) in [5.41, 5.74) is 4.40. The molecule has 1 aliphatic rings. The summed E-state index contributed by atoms with van der Waals surface area (Å²) in [5.74, 6) is 0. The Morgan fingerprint density at radius 3 is 2.52 bits per heavy atom. The van der Waals surface area contributed by atoms with Crippen LogP contribution in [-0.2, 0) is 29.0 Å². The Morgan fingerprint density at radius 2 is 1.78 bits per heavy atom. The molecule has 0 aliphatic carbocycles. The standard InChI is InChI=1S/C19H32N2O2/c1-4-17-5-6-18-14-21(15-19(18)13-17)8-10-23-12-11-22-9-7-20-16(2)3/h5-6,13,16,20H,4,7-12,14-15H2,1-3H3. The average Bonchev–Trinajstić information content (AvgIpc) is 2.94. The lowest BCUT2D eigenvalue weighted by Gasteiger charge is -2.14. The number of hydrogen-bond acceptors (Lipinski definition) is 4. The minimum Gasteiger partial charge on any atom is -0.378 e. The molecule has 130 valence electrons. The van der Waals surface area contributed by atoms with E-state index in [9.17, 15) is 0 Å². The van der Waals surface area contributed by atoms with E-state index in [1.165, 1.54) is 16.7 Å². The molecule has 1 N–H and O–H groups in total. The van der Waals surface area contributed by atoms with Crippen LogP contribution in [0.3, 0.4) is 0 Å². The van der Waals surface area contributed by atoms with E-state index >= 15 is 0 Å². The summed E-state index contributed by atoms with van der Waals surface area (Å²) in [6.45, 7) is 13.4. The van der Waals surface area contributed by atoms with Gasteiger partial charge in [0.05, 0.1) is 26.4 Å². The molecule has 0 unspecified atom stereocenters. The van der Waals surface area contributed by atoms with Gasteiger partial charge in [-0.2, -0.15) is 0 Å². The molecule has 1 aliphatic heterocycles. The van der Waals surface area contributed by atoms with E-state index in [0.717, 1.165) is 45.8 Å². The highest BCUT2D eigenvalue weighted by Crippen LogP contribution is 2.23. The molecule has 1 heterocycles. The van der Waals surface area contributed by atoms with Crippen LogP contribution >= 0.6 is 0 Å². The summed E-state index contributed by atoms with van der Waals surface area (Å²) < 4.78 is 11.2. The van der Waals surface area contributed by atoms with Crippen molar-refractivity contribution in [1.29, 1.82) is 0 Å². The molecule has 4 heteroatoms. The molecule has 0 saturated carbocycles. The van der Waals surface area contributed by atoms with E-state index in [1.807, 2.05) is 0 Å². The smallest absolute Gasteiger partial charge is 0.0701 e. The first-order valence-electron chi connectivity index (χ1n) is 8.91. The van der Waals surface area contributed by atoms with E-state index in [0.29, 0.717) is 19.3 Å². The van der Waals surface area contributed by atoms with Crippen LogP contribution in [0.2, 0.25) is 0 Å². The van der Waals surface area contributed by atoms with Crippen molar-refractivity contribution in [2.75, 3.05) is 39.5 Å². The molecule has 0 fully saturated rings. The van der Waals surface area contributed by atoms with Crippen molar-refractivity contribution in [2.45, 2.75) is 46.3 Å². The highest BCUT2D eigenvalue weighted by atomic mass is 16.5. The molecule has 0 saturated heterocycles. The van der Waals surface area contributed by atoms with E-state index < -0.39 is 0 Å². The zero-order valence-electron chi connectivity index (χ0n) is 14.9. The summed E-state index contributed by atoms with van der Waals surface area (Å²) in [5, 5.41) is 3.33. The highest BCUT2D eigenvalue weighted by Gasteiger charge is 2.18. The van der Waals surface area contributed by atoms with Crippen LogP contribution in [-0.4, -0.2) is 50.5 Å². The molecule has 0 atom stereocenters. The van der Waals surface area contributed by atoms with Gasteiger partial charge in [0.15, 0.2) is 0 Å². The van der Waals surface area contributed by atoms with Crippen molar-refractivity contribution in [3.05, 3.63) is 34.9 Å². The number of fused-ring (bicyclic) bond motifs is 1. The molecule has 0 bridgehead atoms. The van der Waals surface area contributed by atoms with Crippen molar-refractivity contribution in [1.82, 2.24) is 10.2 Å². The maximum absolute atomic E-state index is 5.68. The van der Waals surface area contributed by atoms with Gasteiger partial charge in [-0.1, -0.05) is 39.0 Å². The van der Waals surface area contributed by atoms with Gasteiger partial charge in [-0.25, -0.2) is 0 Å².